The first-order chi connectivity index (χ1) is 7.61. The third kappa shape index (κ3) is 7.43. The van der Waals surface area contributed by atoms with Gasteiger partial charge in [0.15, 0.2) is 0 Å². The molecule has 0 heterocycles. The van der Waals surface area contributed by atoms with Crippen molar-refractivity contribution in [2.45, 2.75) is 58.8 Å². The fraction of sp³-hybridized carbons (Fsp3) is 0.846. The third-order valence-corrected chi connectivity index (χ3v) is 2.76. The number of unbranched alkanes of at least 4 members (excludes halogenated alkanes) is 1. The van der Waals surface area contributed by atoms with Crippen LogP contribution in [0.2, 0.25) is 0 Å². The smallest absolute Gasteiger partial charge is 0.308 e. The number of ketones is 1. The van der Waals surface area contributed by atoms with Gasteiger partial charge in [0.25, 0.3) is 0 Å². The van der Waals surface area contributed by atoms with Crippen LogP contribution in [0.3, 0.4) is 0 Å². The van der Waals surface area contributed by atoms with Crippen molar-refractivity contribution < 1.29 is 14.3 Å². The van der Waals surface area contributed by atoms with Crippen LogP contribution in [0.1, 0.15) is 58.8 Å². The molecule has 0 aromatic rings. The molecular formula is C13H24O3. The molecule has 3 nitrogen and oxygen atoms in total. The topological polar surface area (TPSA) is 43.4 Å². The highest BCUT2D eigenvalue weighted by molar-refractivity contribution is 5.80. The van der Waals surface area contributed by atoms with Gasteiger partial charge in [-0.3, -0.25) is 9.59 Å². The Kier molecular flexibility index (Phi) is 8.87. The Morgan fingerprint density at radius 1 is 1.38 bits per heavy atom. The maximum absolute atomic E-state index is 10.8. The lowest BCUT2D eigenvalue weighted by Gasteiger charge is -2.06. The lowest BCUT2D eigenvalue weighted by molar-refractivity contribution is -0.145. The van der Waals surface area contributed by atoms with Crippen LogP contribution in [-0.2, 0) is 14.3 Å². The van der Waals surface area contributed by atoms with Gasteiger partial charge in [-0.2, -0.15) is 0 Å². The zero-order valence-electron chi connectivity index (χ0n) is 10.8. The highest BCUT2D eigenvalue weighted by Gasteiger charge is 2.10. The molecular weight excluding hydrogens is 204 g/mol. The molecule has 1 aliphatic carbocycles. The summed E-state index contributed by atoms with van der Waals surface area (Å²) < 4.78 is 4.57. The molecule has 0 amide bonds. The van der Waals surface area contributed by atoms with Crippen molar-refractivity contribution in [1.29, 1.82) is 0 Å². The average Bonchev–Trinajstić information content (AvgIpc) is 2.76. The van der Waals surface area contributed by atoms with E-state index in [2.05, 4.69) is 11.7 Å². The number of carbonyl (C=O) groups is 2. The Balaban J connectivity index is 0.000000315. The van der Waals surface area contributed by atoms with Gasteiger partial charge < -0.3 is 4.74 Å². The fourth-order valence-corrected chi connectivity index (χ4v) is 1.60. The molecule has 94 valence electrons. The molecule has 16 heavy (non-hydrogen) atoms. The molecule has 0 bridgehead atoms. The second kappa shape index (κ2) is 9.37. The van der Waals surface area contributed by atoms with Gasteiger partial charge in [0.2, 0.25) is 0 Å². The highest BCUT2D eigenvalue weighted by Crippen LogP contribution is 2.11. The molecule has 1 rings (SSSR count). The van der Waals surface area contributed by atoms with E-state index in [1.165, 1.54) is 7.11 Å². The fourth-order valence-electron chi connectivity index (χ4n) is 1.60. The third-order valence-electron chi connectivity index (χ3n) is 2.76. The van der Waals surface area contributed by atoms with Crippen LogP contribution in [0.25, 0.3) is 0 Å². The Labute approximate surface area is 98.6 Å². The number of methoxy groups -OCH3 is 1. The minimum absolute atomic E-state index is 0.0740. The maximum Gasteiger partial charge on any atom is 0.308 e. The van der Waals surface area contributed by atoms with Crippen LogP contribution >= 0.6 is 0 Å². The standard InChI is InChI=1S/C8H16O2.C5H8O/c1-4-5-6-7(2)8(9)10-3;6-5-3-1-2-4-5/h7H,4-6H2,1-3H3;1-4H2. The van der Waals surface area contributed by atoms with Gasteiger partial charge in [-0.1, -0.05) is 26.7 Å². The molecule has 3 heteroatoms. The molecule has 0 aromatic heterocycles. The van der Waals surface area contributed by atoms with Crippen molar-refractivity contribution in [1.82, 2.24) is 0 Å². The predicted octanol–water partition coefficient (Wildman–Crippen LogP) is 3.12. The van der Waals surface area contributed by atoms with Crippen molar-refractivity contribution in [3.05, 3.63) is 0 Å². The van der Waals surface area contributed by atoms with Gasteiger partial charge in [0.1, 0.15) is 5.78 Å². The lowest BCUT2D eigenvalue weighted by Crippen LogP contribution is -2.12. The van der Waals surface area contributed by atoms with Crippen molar-refractivity contribution in [2.24, 2.45) is 5.92 Å². The van der Waals surface area contributed by atoms with Gasteiger partial charge in [0, 0.05) is 12.8 Å². The minimum atomic E-state index is -0.0894. The van der Waals surface area contributed by atoms with Crippen molar-refractivity contribution in [3.8, 4) is 0 Å². The molecule has 1 saturated carbocycles. The number of esters is 1. The van der Waals surface area contributed by atoms with Crippen LogP contribution in [-0.4, -0.2) is 18.9 Å². The van der Waals surface area contributed by atoms with Gasteiger partial charge in [-0.25, -0.2) is 0 Å². The molecule has 1 unspecified atom stereocenters. The van der Waals surface area contributed by atoms with E-state index in [9.17, 15) is 9.59 Å². The summed E-state index contributed by atoms with van der Waals surface area (Å²) in [4.78, 5) is 21.0. The molecule has 1 atom stereocenters. The lowest BCUT2D eigenvalue weighted by atomic mass is 10.1. The molecule has 0 saturated heterocycles. The second-order valence-electron chi connectivity index (χ2n) is 4.31. The van der Waals surface area contributed by atoms with Gasteiger partial charge in [-0.15, -0.1) is 0 Å². The summed E-state index contributed by atoms with van der Waals surface area (Å²) >= 11 is 0. The van der Waals surface area contributed by atoms with E-state index in [0.717, 1.165) is 44.9 Å². The van der Waals surface area contributed by atoms with Crippen LogP contribution < -0.4 is 0 Å². The van der Waals surface area contributed by atoms with E-state index in [4.69, 9.17) is 0 Å². The Morgan fingerprint density at radius 3 is 2.25 bits per heavy atom. The Bertz CT molecular complexity index is 203. The molecule has 0 spiro atoms. The summed E-state index contributed by atoms with van der Waals surface area (Å²) in [6.07, 6.45) is 7.17. The first-order valence-corrected chi connectivity index (χ1v) is 6.21. The summed E-state index contributed by atoms with van der Waals surface area (Å²) in [5.74, 6) is 0.438. The number of hydrogen-bond donors (Lipinski definition) is 0. The summed E-state index contributed by atoms with van der Waals surface area (Å²) in [6.45, 7) is 4.02. The minimum Gasteiger partial charge on any atom is -0.469 e. The van der Waals surface area contributed by atoms with Crippen molar-refractivity contribution in [2.75, 3.05) is 7.11 Å². The zero-order valence-corrected chi connectivity index (χ0v) is 10.8. The van der Waals surface area contributed by atoms with Crippen molar-refractivity contribution >= 4 is 11.8 Å². The SMILES string of the molecule is CCCCC(C)C(=O)OC.O=C1CCCC1. The number of carbonyl (C=O) groups excluding carboxylic acids is 2. The van der Waals surface area contributed by atoms with Gasteiger partial charge in [0.05, 0.1) is 13.0 Å². The number of hydrogen-bond acceptors (Lipinski definition) is 3. The van der Waals surface area contributed by atoms with Gasteiger partial charge >= 0.3 is 5.97 Å². The summed E-state index contributed by atoms with van der Waals surface area (Å²) in [6, 6.07) is 0. The molecule has 0 aliphatic heterocycles. The van der Waals surface area contributed by atoms with E-state index in [-0.39, 0.29) is 11.9 Å². The van der Waals surface area contributed by atoms with Crippen molar-refractivity contribution in [3.63, 3.8) is 0 Å². The molecule has 0 aromatic carbocycles. The largest absolute Gasteiger partial charge is 0.469 e. The first-order valence-electron chi connectivity index (χ1n) is 6.21. The molecule has 1 aliphatic rings. The highest BCUT2D eigenvalue weighted by atomic mass is 16.5. The van der Waals surface area contributed by atoms with Gasteiger partial charge in [-0.05, 0) is 19.3 Å². The summed E-state index contributed by atoms with van der Waals surface area (Å²) in [7, 11) is 1.44. The van der Waals surface area contributed by atoms with E-state index in [0.29, 0.717) is 5.78 Å². The van der Waals surface area contributed by atoms with Crippen LogP contribution in [0.15, 0.2) is 0 Å². The summed E-state index contributed by atoms with van der Waals surface area (Å²) in [5, 5.41) is 0. The predicted molar refractivity (Wildman–Crippen MR) is 64.2 cm³/mol. The van der Waals surface area contributed by atoms with Crippen LogP contribution in [0.5, 0.6) is 0 Å². The average molecular weight is 228 g/mol. The van der Waals surface area contributed by atoms with Crippen LogP contribution in [0, 0.1) is 5.92 Å². The summed E-state index contributed by atoms with van der Waals surface area (Å²) in [5.41, 5.74) is 0. The van der Waals surface area contributed by atoms with Crippen LogP contribution in [0.4, 0.5) is 0 Å². The Hall–Kier alpha value is -0.860. The quantitative estimate of drug-likeness (QED) is 0.694. The Morgan fingerprint density at radius 2 is 1.94 bits per heavy atom. The van der Waals surface area contributed by atoms with E-state index < -0.39 is 0 Å². The molecule has 0 radical (unpaired) electrons. The monoisotopic (exact) mass is 228 g/mol. The second-order valence-corrected chi connectivity index (χ2v) is 4.31. The molecule has 0 N–H and O–H groups in total. The van der Waals surface area contributed by atoms with E-state index in [1.807, 2.05) is 6.92 Å². The normalized spacial score (nSPS) is 16.3. The molecule has 1 fully saturated rings. The number of rotatable bonds is 4. The zero-order chi connectivity index (χ0) is 12.4. The number of ether oxygens (including phenoxy) is 1. The first kappa shape index (κ1) is 15.1. The maximum atomic E-state index is 10.8. The van der Waals surface area contributed by atoms with E-state index >= 15 is 0 Å². The van der Waals surface area contributed by atoms with E-state index in [1.54, 1.807) is 0 Å². The number of Topliss-reactive ketones (excluding diaryl/α,β-unsaturated/α-hetero) is 1.